The maximum Gasteiger partial charge on any atom is 0.318 e. The van der Waals surface area contributed by atoms with Crippen LogP contribution < -0.4 is 15.0 Å². The van der Waals surface area contributed by atoms with Crippen LogP contribution in [0.2, 0.25) is 0 Å². The first-order valence-electron chi connectivity index (χ1n) is 9.15. The number of urea groups is 1. The van der Waals surface area contributed by atoms with Crippen molar-refractivity contribution in [3.8, 4) is 5.75 Å². The largest absolute Gasteiger partial charge is 0.497 e. The number of anilines is 1. The summed E-state index contributed by atoms with van der Waals surface area (Å²) < 4.78 is 33.2. The molecule has 2 aromatic rings. The van der Waals surface area contributed by atoms with Crippen molar-refractivity contribution in [1.29, 1.82) is 0 Å². The number of benzene rings is 1. The molecule has 1 aliphatic heterocycles. The SMILES string of the molecule is COc1ccc(F)c([C@@H](C)NC(=O)N2CCN(c3ccncc3F)C[C@H]2C)c1. The van der Waals surface area contributed by atoms with Crippen molar-refractivity contribution in [3.63, 3.8) is 0 Å². The molecule has 1 aromatic heterocycles. The van der Waals surface area contributed by atoms with Crippen LogP contribution in [0.4, 0.5) is 19.3 Å². The van der Waals surface area contributed by atoms with Gasteiger partial charge in [0.05, 0.1) is 25.0 Å². The van der Waals surface area contributed by atoms with Crippen LogP contribution in [0.15, 0.2) is 36.7 Å². The first-order valence-corrected chi connectivity index (χ1v) is 9.15. The number of carbonyl (C=O) groups is 1. The molecule has 0 radical (unpaired) electrons. The van der Waals surface area contributed by atoms with Gasteiger partial charge in [-0.2, -0.15) is 0 Å². The Morgan fingerprint density at radius 3 is 2.75 bits per heavy atom. The van der Waals surface area contributed by atoms with E-state index in [2.05, 4.69) is 10.3 Å². The van der Waals surface area contributed by atoms with Crippen molar-refractivity contribution in [2.75, 3.05) is 31.6 Å². The second-order valence-electron chi connectivity index (χ2n) is 6.87. The van der Waals surface area contributed by atoms with E-state index < -0.39 is 11.9 Å². The number of methoxy groups -OCH3 is 1. The molecule has 2 amide bonds. The van der Waals surface area contributed by atoms with Crippen LogP contribution >= 0.6 is 0 Å². The lowest BCUT2D eigenvalue weighted by Gasteiger charge is -2.41. The summed E-state index contributed by atoms with van der Waals surface area (Å²) in [6, 6.07) is 5.12. The summed E-state index contributed by atoms with van der Waals surface area (Å²) in [6.07, 6.45) is 2.73. The summed E-state index contributed by atoms with van der Waals surface area (Å²) in [7, 11) is 1.51. The molecular weight excluding hydrogens is 366 g/mol. The molecule has 0 unspecified atom stereocenters. The highest BCUT2D eigenvalue weighted by Crippen LogP contribution is 2.24. The Balaban J connectivity index is 1.65. The summed E-state index contributed by atoms with van der Waals surface area (Å²) in [6.45, 7) is 5.06. The van der Waals surface area contributed by atoms with Gasteiger partial charge in [-0.1, -0.05) is 0 Å². The lowest BCUT2D eigenvalue weighted by atomic mass is 10.1. The number of pyridine rings is 1. The number of ether oxygens (including phenoxy) is 1. The minimum absolute atomic E-state index is 0.135. The molecule has 2 atom stereocenters. The van der Waals surface area contributed by atoms with E-state index in [1.165, 1.54) is 25.4 Å². The predicted molar refractivity (Wildman–Crippen MR) is 102 cm³/mol. The molecule has 150 valence electrons. The second-order valence-corrected chi connectivity index (χ2v) is 6.87. The molecule has 1 fully saturated rings. The van der Waals surface area contributed by atoms with Crippen LogP contribution in [-0.4, -0.2) is 48.7 Å². The normalized spacial score (nSPS) is 18.0. The van der Waals surface area contributed by atoms with Gasteiger partial charge >= 0.3 is 6.03 Å². The third-order valence-corrected chi connectivity index (χ3v) is 4.99. The molecule has 6 nitrogen and oxygen atoms in total. The molecule has 1 aliphatic rings. The van der Waals surface area contributed by atoms with E-state index >= 15 is 0 Å². The van der Waals surface area contributed by atoms with E-state index in [-0.39, 0.29) is 17.9 Å². The van der Waals surface area contributed by atoms with E-state index in [1.54, 1.807) is 30.2 Å². The van der Waals surface area contributed by atoms with Gasteiger partial charge in [0.15, 0.2) is 5.82 Å². The molecule has 1 saturated heterocycles. The first kappa shape index (κ1) is 19.9. The van der Waals surface area contributed by atoms with Crippen molar-refractivity contribution in [1.82, 2.24) is 15.2 Å². The molecule has 0 bridgehead atoms. The highest BCUT2D eigenvalue weighted by atomic mass is 19.1. The van der Waals surface area contributed by atoms with Crippen molar-refractivity contribution in [2.24, 2.45) is 0 Å². The molecule has 1 N–H and O–H groups in total. The Hall–Kier alpha value is -2.90. The molecule has 3 rings (SSSR count). The van der Waals surface area contributed by atoms with E-state index in [4.69, 9.17) is 4.74 Å². The van der Waals surface area contributed by atoms with Crippen molar-refractivity contribution < 1.29 is 18.3 Å². The number of piperazine rings is 1. The average Bonchev–Trinajstić information content (AvgIpc) is 2.68. The topological polar surface area (TPSA) is 57.7 Å². The molecule has 0 saturated carbocycles. The highest BCUT2D eigenvalue weighted by molar-refractivity contribution is 5.75. The summed E-state index contributed by atoms with van der Waals surface area (Å²) >= 11 is 0. The smallest absolute Gasteiger partial charge is 0.318 e. The Morgan fingerprint density at radius 1 is 1.29 bits per heavy atom. The van der Waals surface area contributed by atoms with Gasteiger partial charge in [-0.05, 0) is 38.1 Å². The summed E-state index contributed by atoms with van der Waals surface area (Å²) in [5.41, 5.74) is 0.839. The van der Waals surface area contributed by atoms with Crippen LogP contribution in [0, 0.1) is 11.6 Å². The average molecular weight is 390 g/mol. The summed E-state index contributed by atoms with van der Waals surface area (Å²) in [5.74, 6) is -0.256. The maximum absolute atomic E-state index is 14.1. The molecule has 1 aromatic carbocycles. The Kier molecular flexibility index (Phi) is 5.96. The molecule has 28 heavy (non-hydrogen) atoms. The van der Waals surface area contributed by atoms with Crippen LogP contribution in [-0.2, 0) is 0 Å². The van der Waals surface area contributed by atoms with Gasteiger partial charge in [-0.15, -0.1) is 0 Å². The van der Waals surface area contributed by atoms with Gasteiger partial charge in [0.2, 0.25) is 0 Å². The Bertz CT molecular complexity index is 849. The van der Waals surface area contributed by atoms with Crippen molar-refractivity contribution in [3.05, 3.63) is 53.9 Å². The van der Waals surface area contributed by atoms with Gasteiger partial charge in [0.25, 0.3) is 0 Å². The monoisotopic (exact) mass is 390 g/mol. The van der Waals surface area contributed by atoms with E-state index in [1.807, 2.05) is 11.8 Å². The Morgan fingerprint density at radius 2 is 2.07 bits per heavy atom. The van der Waals surface area contributed by atoms with Crippen LogP contribution in [0.1, 0.15) is 25.5 Å². The van der Waals surface area contributed by atoms with Crippen LogP contribution in [0.3, 0.4) is 0 Å². The quantitative estimate of drug-likeness (QED) is 0.870. The zero-order chi connectivity index (χ0) is 20.3. The van der Waals surface area contributed by atoms with Gasteiger partial charge in [0, 0.05) is 37.4 Å². The fraction of sp³-hybridized carbons (Fsp3) is 0.400. The summed E-state index contributed by atoms with van der Waals surface area (Å²) in [5, 5.41) is 2.84. The number of carbonyl (C=O) groups excluding carboxylic acids is 1. The third-order valence-electron chi connectivity index (χ3n) is 4.99. The van der Waals surface area contributed by atoms with Crippen LogP contribution in [0.25, 0.3) is 0 Å². The highest BCUT2D eigenvalue weighted by Gasteiger charge is 2.29. The van der Waals surface area contributed by atoms with Crippen molar-refractivity contribution >= 4 is 11.7 Å². The lowest BCUT2D eigenvalue weighted by molar-refractivity contribution is 0.168. The van der Waals surface area contributed by atoms with Crippen LogP contribution in [0.5, 0.6) is 5.75 Å². The van der Waals surface area contributed by atoms with E-state index in [9.17, 15) is 13.6 Å². The minimum Gasteiger partial charge on any atom is -0.497 e. The summed E-state index contributed by atoms with van der Waals surface area (Å²) in [4.78, 5) is 20.1. The molecular formula is C20H24F2N4O2. The lowest BCUT2D eigenvalue weighted by Crippen LogP contribution is -2.57. The van der Waals surface area contributed by atoms with Crippen molar-refractivity contribution in [2.45, 2.75) is 25.9 Å². The number of hydrogen-bond donors (Lipinski definition) is 1. The predicted octanol–water partition coefficient (Wildman–Crippen LogP) is 3.35. The third kappa shape index (κ3) is 4.16. The van der Waals surface area contributed by atoms with Gasteiger partial charge in [0.1, 0.15) is 11.6 Å². The fourth-order valence-corrected chi connectivity index (χ4v) is 3.43. The number of nitrogens with zero attached hydrogens (tertiary/aromatic N) is 3. The number of aromatic nitrogens is 1. The minimum atomic E-state index is -0.523. The standard InChI is InChI=1S/C20H24F2N4O2/c1-13-12-25(19-6-7-23-11-18(19)22)8-9-26(13)20(27)24-14(2)16-10-15(28-3)4-5-17(16)21/h4-7,10-11,13-14H,8-9,12H2,1-3H3,(H,24,27)/t13-,14-/m1/s1. The first-order chi connectivity index (χ1) is 13.4. The maximum atomic E-state index is 14.1. The molecule has 2 heterocycles. The Labute approximate surface area is 163 Å². The number of halogens is 2. The van der Waals surface area contributed by atoms with E-state index in [0.717, 1.165) is 0 Å². The fourth-order valence-electron chi connectivity index (χ4n) is 3.43. The number of amides is 2. The van der Waals surface area contributed by atoms with E-state index in [0.29, 0.717) is 36.6 Å². The molecule has 0 spiro atoms. The van der Waals surface area contributed by atoms with Gasteiger partial charge < -0.3 is 19.9 Å². The number of nitrogens with one attached hydrogen (secondary N) is 1. The second kappa shape index (κ2) is 8.41. The molecule has 8 heteroatoms. The zero-order valence-electron chi connectivity index (χ0n) is 16.2. The van der Waals surface area contributed by atoms with Gasteiger partial charge in [-0.3, -0.25) is 4.98 Å². The molecule has 0 aliphatic carbocycles. The van der Waals surface area contributed by atoms with Gasteiger partial charge in [-0.25, -0.2) is 13.6 Å². The number of rotatable bonds is 4. The number of hydrogen-bond acceptors (Lipinski definition) is 4. The zero-order valence-corrected chi connectivity index (χ0v) is 16.2.